The number of thiocarbonyl (C=S) groups is 1. The number of benzene rings is 1. The number of aliphatic hydroxyl groups is 1. The lowest BCUT2D eigenvalue weighted by atomic mass is 10.0. The normalized spacial score (nSPS) is 23.7. The molecule has 1 aromatic carbocycles. The van der Waals surface area contributed by atoms with E-state index in [-0.39, 0.29) is 12.1 Å². The molecule has 5 heteroatoms. The maximum atomic E-state index is 10.2. The zero-order valence-corrected chi connectivity index (χ0v) is 13.1. The Morgan fingerprint density at radius 2 is 2.05 bits per heavy atom. The molecule has 1 aliphatic carbocycles. The first-order valence-corrected chi connectivity index (χ1v) is 7.82. The van der Waals surface area contributed by atoms with Gasteiger partial charge in [0.1, 0.15) is 4.99 Å². The minimum absolute atomic E-state index is 0.0740. The fraction of sp³-hybridized carbons (Fsp3) is 0.500. The van der Waals surface area contributed by atoms with Gasteiger partial charge in [-0.2, -0.15) is 0 Å². The fourth-order valence-corrected chi connectivity index (χ4v) is 3.05. The van der Waals surface area contributed by atoms with Gasteiger partial charge in [-0.05, 0) is 31.0 Å². The molecular weight excluding hydrogens is 324 g/mol. The number of nitrogens with two attached hydrogens (primary N) is 1. The molecule has 0 aliphatic heterocycles. The Balaban J connectivity index is 2.21. The number of halogens is 1. The molecule has 0 heterocycles. The van der Waals surface area contributed by atoms with Crippen molar-refractivity contribution >= 4 is 38.8 Å². The van der Waals surface area contributed by atoms with E-state index in [0.29, 0.717) is 4.99 Å². The number of hydrogen-bond donors (Lipinski definition) is 3. The van der Waals surface area contributed by atoms with Gasteiger partial charge in [-0.15, -0.1) is 0 Å². The van der Waals surface area contributed by atoms with Crippen LogP contribution < -0.4 is 11.1 Å². The summed E-state index contributed by atoms with van der Waals surface area (Å²) in [6, 6.07) is 5.86. The molecule has 1 aromatic rings. The van der Waals surface area contributed by atoms with E-state index in [1.54, 1.807) is 0 Å². The van der Waals surface area contributed by atoms with E-state index in [1.807, 2.05) is 18.2 Å². The van der Waals surface area contributed by atoms with Crippen LogP contribution in [-0.4, -0.2) is 22.2 Å². The van der Waals surface area contributed by atoms with Gasteiger partial charge in [0.25, 0.3) is 0 Å². The Labute approximate surface area is 127 Å². The average molecular weight is 343 g/mol. The number of hydrogen-bond acceptors (Lipinski definition) is 3. The van der Waals surface area contributed by atoms with Gasteiger partial charge >= 0.3 is 0 Å². The van der Waals surface area contributed by atoms with Gasteiger partial charge in [0, 0.05) is 15.7 Å². The van der Waals surface area contributed by atoms with Crippen molar-refractivity contribution in [3.8, 4) is 0 Å². The Morgan fingerprint density at radius 1 is 1.32 bits per heavy atom. The van der Waals surface area contributed by atoms with Gasteiger partial charge in [0.15, 0.2) is 0 Å². The molecule has 0 amide bonds. The number of nitrogens with one attached hydrogen (secondary N) is 1. The first-order valence-electron chi connectivity index (χ1n) is 6.62. The number of anilines is 1. The van der Waals surface area contributed by atoms with E-state index in [0.717, 1.165) is 41.4 Å². The first kappa shape index (κ1) is 14.8. The van der Waals surface area contributed by atoms with Crippen molar-refractivity contribution in [3.63, 3.8) is 0 Å². The molecule has 3 nitrogen and oxygen atoms in total. The molecular formula is C14H19BrN2OS. The maximum Gasteiger partial charge on any atom is 0.106 e. The average Bonchev–Trinajstić information content (AvgIpc) is 2.55. The zero-order valence-electron chi connectivity index (χ0n) is 10.7. The van der Waals surface area contributed by atoms with Crippen LogP contribution in [0.5, 0.6) is 0 Å². The Morgan fingerprint density at radius 3 is 2.79 bits per heavy atom. The highest BCUT2D eigenvalue weighted by Crippen LogP contribution is 2.26. The van der Waals surface area contributed by atoms with Gasteiger partial charge in [-0.1, -0.05) is 47.4 Å². The van der Waals surface area contributed by atoms with Gasteiger partial charge in [0.05, 0.1) is 12.1 Å². The topological polar surface area (TPSA) is 58.3 Å². The lowest BCUT2D eigenvalue weighted by molar-refractivity contribution is 0.144. The van der Waals surface area contributed by atoms with E-state index < -0.39 is 0 Å². The highest BCUT2D eigenvalue weighted by atomic mass is 79.9. The molecule has 1 aliphatic rings. The van der Waals surface area contributed by atoms with Gasteiger partial charge < -0.3 is 16.2 Å². The van der Waals surface area contributed by atoms with Crippen molar-refractivity contribution in [1.29, 1.82) is 0 Å². The summed E-state index contributed by atoms with van der Waals surface area (Å²) in [5.41, 5.74) is 7.47. The summed E-state index contributed by atoms with van der Waals surface area (Å²) in [7, 11) is 0. The van der Waals surface area contributed by atoms with Crippen LogP contribution in [0.1, 0.15) is 37.7 Å². The third kappa shape index (κ3) is 3.91. The van der Waals surface area contributed by atoms with Crippen LogP contribution in [0.2, 0.25) is 0 Å². The van der Waals surface area contributed by atoms with E-state index in [4.69, 9.17) is 18.0 Å². The van der Waals surface area contributed by atoms with Gasteiger partial charge in [-0.25, -0.2) is 0 Å². The molecule has 1 fully saturated rings. The summed E-state index contributed by atoms with van der Waals surface area (Å²) >= 11 is 8.53. The molecule has 104 valence electrons. The third-order valence-electron chi connectivity index (χ3n) is 3.57. The quantitative estimate of drug-likeness (QED) is 0.583. The summed E-state index contributed by atoms with van der Waals surface area (Å²) < 4.78 is 0.970. The smallest absolute Gasteiger partial charge is 0.106 e. The van der Waals surface area contributed by atoms with Crippen LogP contribution in [0.25, 0.3) is 0 Å². The van der Waals surface area contributed by atoms with Crippen LogP contribution in [0, 0.1) is 0 Å². The Bertz CT molecular complexity index is 467. The molecule has 4 N–H and O–H groups in total. The van der Waals surface area contributed by atoms with Crippen molar-refractivity contribution in [3.05, 3.63) is 28.2 Å². The van der Waals surface area contributed by atoms with E-state index >= 15 is 0 Å². The van der Waals surface area contributed by atoms with Crippen LogP contribution in [0.4, 0.5) is 5.69 Å². The summed E-state index contributed by atoms with van der Waals surface area (Å²) in [6.45, 7) is 0. The second kappa shape index (κ2) is 6.68. The van der Waals surface area contributed by atoms with Gasteiger partial charge in [-0.3, -0.25) is 0 Å². The summed E-state index contributed by atoms with van der Waals surface area (Å²) in [5, 5.41) is 13.6. The molecule has 1 saturated carbocycles. The van der Waals surface area contributed by atoms with Crippen molar-refractivity contribution in [2.75, 3.05) is 5.32 Å². The molecule has 0 saturated heterocycles. The highest BCUT2D eigenvalue weighted by Gasteiger charge is 2.22. The van der Waals surface area contributed by atoms with Crippen LogP contribution in [0.3, 0.4) is 0 Å². The molecule has 0 aromatic heterocycles. The molecule has 2 unspecified atom stereocenters. The van der Waals surface area contributed by atoms with Crippen molar-refractivity contribution in [2.24, 2.45) is 5.73 Å². The van der Waals surface area contributed by atoms with Crippen LogP contribution in [-0.2, 0) is 0 Å². The largest absolute Gasteiger partial charge is 0.391 e. The summed E-state index contributed by atoms with van der Waals surface area (Å²) in [6.07, 6.45) is 4.96. The molecule has 0 bridgehead atoms. The van der Waals surface area contributed by atoms with E-state index in [2.05, 4.69) is 21.2 Å². The predicted octanol–water partition coefficient (Wildman–Crippen LogP) is 3.19. The molecule has 2 atom stereocenters. The SMILES string of the molecule is NC(=S)c1ccc(Br)cc1NC1CCCCCC1O. The second-order valence-electron chi connectivity index (χ2n) is 5.01. The van der Waals surface area contributed by atoms with Crippen molar-refractivity contribution < 1.29 is 5.11 Å². The van der Waals surface area contributed by atoms with E-state index in [9.17, 15) is 5.11 Å². The second-order valence-corrected chi connectivity index (χ2v) is 6.37. The van der Waals surface area contributed by atoms with Gasteiger partial charge in [0.2, 0.25) is 0 Å². The molecule has 0 spiro atoms. The van der Waals surface area contributed by atoms with Crippen LogP contribution >= 0.6 is 28.1 Å². The number of aliphatic hydroxyl groups excluding tert-OH is 1. The Kier molecular flexibility index (Phi) is 5.19. The maximum absolute atomic E-state index is 10.2. The summed E-state index contributed by atoms with van der Waals surface area (Å²) in [5.74, 6) is 0. The minimum Gasteiger partial charge on any atom is -0.391 e. The predicted molar refractivity (Wildman–Crippen MR) is 86.5 cm³/mol. The number of rotatable bonds is 3. The Hall–Kier alpha value is -0.650. The highest BCUT2D eigenvalue weighted by molar-refractivity contribution is 9.10. The van der Waals surface area contributed by atoms with Crippen LogP contribution in [0.15, 0.2) is 22.7 Å². The third-order valence-corrected chi connectivity index (χ3v) is 4.28. The summed E-state index contributed by atoms with van der Waals surface area (Å²) in [4.78, 5) is 0.373. The first-order chi connectivity index (χ1) is 9.08. The molecule has 2 rings (SSSR count). The standard InChI is InChI=1S/C14H19BrN2OS/c15-9-6-7-10(14(16)19)12(8-9)17-11-4-2-1-3-5-13(11)18/h6-8,11,13,17-18H,1-5H2,(H2,16,19). The molecule has 19 heavy (non-hydrogen) atoms. The lowest BCUT2D eigenvalue weighted by Crippen LogP contribution is -2.33. The van der Waals surface area contributed by atoms with E-state index in [1.165, 1.54) is 6.42 Å². The monoisotopic (exact) mass is 342 g/mol. The van der Waals surface area contributed by atoms with Crippen molar-refractivity contribution in [2.45, 2.75) is 44.2 Å². The molecule has 0 radical (unpaired) electrons. The fourth-order valence-electron chi connectivity index (χ4n) is 2.51. The van der Waals surface area contributed by atoms with Crippen molar-refractivity contribution in [1.82, 2.24) is 0 Å². The lowest BCUT2D eigenvalue weighted by Gasteiger charge is -2.24. The minimum atomic E-state index is -0.305. The zero-order chi connectivity index (χ0) is 13.8.